The maximum atomic E-state index is 12.1. The lowest BCUT2D eigenvalue weighted by Crippen LogP contribution is -2.45. The van der Waals surface area contributed by atoms with E-state index in [0.29, 0.717) is 6.42 Å². The topological polar surface area (TPSA) is 29.1 Å². The Hall–Kier alpha value is -1.15. The number of nitrogens with one attached hydrogen (secondary N) is 1. The molecule has 0 bridgehead atoms. The van der Waals surface area contributed by atoms with Gasteiger partial charge in [0.25, 0.3) is 0 Å². The molecule has 1 rings (SSSR count). The van der Waals surface area contributed by atoms with E-state index in [1.54, 1.807) is 0 Å². The smallest absolute Gasteiger partial charge is 0.156 e. The Bertz CT molecular complexity index is 410. The number of ketones is 1. The summed E-state index contributed by atoms with van der Waals surface area (Å²) in [4.78, 5) is 12.1. The zero-order valence-corrected chi connectivity index (χ0v) is 12.4. The first-order valence-corrected chi connectivity index (χ1v) is 6.48. The van der Waals surface area contributed by atoms with Gasteiger partial charge in [-0.05, 0) is 37.4 Å². The first-order valence-electron chi connectivity index (χ1n) is 6.48. The average molecular weight is 247 g/mol. The minimum absolute atomic E-state index is 0.160. The number of likely N-dealkylation sites (N-methyl/N-ethyl adjacent to an activating group) is 1. The summed E-state index contributed by atoms with van der Waals surface area (Å²) in [6, 6.07) is 8.36. The molecule has 0 spiro atoms. The maximum Gasteiger partial charge on any atom is 0.156 e. The van der Waals surface area contributed by atoms with Crippen LogP contribution in [0.1, 0.15) is 45.7 Å². The van der Waals surface area contributed by atoms with Crippen LogP contribution >= 0.6 is 0 Å². The lowest BCUT2D eigenvalue weighted by molar-refractivity contribution is -0.123. The van der Waals surface area contributed by atoms with Gasteiger partial charge in [-0.25, -0.2) is 0 Å². The average Bonchev–Trinajstić information content (AvgIpc) is 2.28. The molecule has 0 saturated heterocycles. The molecule has 0 atom stereocenters. The summed E-state index contributed by atoms with van der Waals surface area (Å²) < 4.78 is 0. The van der Waals surface area contributed by atoms with Crippen molar-refractivity contribution < 1.29 is 4.79 Å². The molecule has 1 aromatic rings. The lowest BCUT2D eigenvalue weighted by Gasteiger charge is -2.23. The summed E-state index contributed by atoms with van der Waals surface area (Å²) in [5, 5.41) is 3.05. The van der Waals surface area contributed by atoms with Crippen LogP contribution in [0.2, 0.25) is 0 Å². The summed E-state index contributed by atoms with van der Waals surface area (Å²) in [5.41, 5.74) is 2.08. The first-order chi connectivity index (χ1) is 8.16. The van der Waals surface area contributed by atoms with Crippen molar-refractivity contribution in [3.8, 4) is 0 Å². The highest BCUT2D eigenvalue weighted by atomic mass is 16.1. The van der Waals surface area contributed by atoms with Gasteiger partial charge >= 0.3 is 0 Å². The normalized spacial score (nSPS) is 12.6. The number of carbonyl (C=O) groups excluding carboxylic acids is 1. The van der Waals surface area contributed by atoms with Crippen molar-refractivity contribution in [1.29, 1.82) is 0 Å². The second kappa shape index (κ2) is 5.23. The quantitative estimate of drug-likeness (QED) is 0.886. The van der Waals surface area contributed by atoms with Gasteiger partial charge in [0, 0.05) is 6.42 Å². The van der Waals surface area contributed by atoms with Crippen LogP contribution in [-0.2, 0) is 16.6 Å². The Labute approximate surface area is 111 Å². The van der Waals surface area contributed by atoms with E-state index >= 15 is 0 Å². The summed E-state index contributed by atoms with van der Waals surface area (Å²) in [6.07, 6.45) is 0.484. The monoisotopic (exact) mass is 247 g/mol. The molecule has 0 amide bonds. The molecular formula is C16H25NO. The Kier molecular flexibility index (Phi) is 4.33. The minimum atomic E-state index is -0.456. The van der Waals surface area contributed by atoms with Crippen LogP contribution in [0.3, 0.4) is 0 Å². The third-order valence-electron chi connectivity index (χ3n) is 3.51. The van der Waals surface area contributed by atoms with Crippen LogP contribution in [0, 0.1) is 0 Å². The molecule has 0 saturated carbocycles. The molecule has 0 aliphatic heterocycles. The van der Waals surface area contributed by atoms with Gasteiger partial charge in [0.1, 0.15) is 0 Å². The number of Topliss-reactive ketones (excluding diaryl/α,β-unsaturated/α-hetero) is 1. The Morgan fingerprint density at radius 1 is 1.06 bits per heavy atom. The van der Waals surface area contributed by atoms with E-state index in [1.165, 1.54) is 5.56 Å². The van der Waals surface area contributed by atoms with Crippen molar-refractivity contribution in [3.05, 3.63) is 35.4 Å². The summed E-state index contributed by atoms with van der Waals surface area (Å²) in [6.45, 7) is 10.4. The van der Waals surface area contributed by atoms with Gasteiger partial charge in [-0.15, -0.1) is 0 Å². The number of hydrogen-bond acceptors (Lipinski definition) is 2. The van der Waals surface area contributed by atoms with Crippen molar-refractivity contribution in [1.82, 2.24) is 5.32 Å². The SMILES string of the molecule is CNC(C)(C)C(=O)Cc1ccc(C(C)(C)C)cc1. The van der Waals surface area contributed by atoms with Crippen LogP contribution < -0.4 is 5.32 Å². The van der Waals surface area contributed by atoms with E-state index in [0.717, 1.165) is 5.56 Å². The van der Waals surface area contributed by atoms with Crippen molar-refractivity contribution in [3.63, 3.8) is 0 Å². The molecule has 0 aliphatic carbocycles. The van der Waals surface area contributed by atoms with Crippen LogP contribution in [-0.4, -0.2) is 18.4 Å². The fraction of sp³-hybridized carbons (Fsp3) is 0.562. The zero-order chi connectivity index (χ0) is 14.0. The van der Waals surface area contributed by atoms with Crippen LogP contribution in [0.25, 0.3) is 0 Å². The number of benzene rings is 1. The third-order valence-corrected chi connectivity index (χ3v) is 3.51. The largest absolute Gasteiger partial charge is 0.308 e. The highest BCUT2D eigenvalue weighted by Gasteiger charge is 2.24. The van der Waals surface area contributed by atoms with E-state index in [2.05, 4.69) is 50.4 Å². The first kappa shape index (κ1) is 14.9. The van der Waals surface area contributed by atoms with Gasteiger partial charge in [-0.2, -0.15) is 0 Å². The molecule has 0 unspecified atom stereocenters. The number of hydrogen-bond donors (Lipinski definition) is 1. The fourth-order valence-electron chi connectivity index (χ4n) is 1.67. The molecule has 2 heteroatoms. The maximum absolute atomic E-state index is 12.1. The van der Waals surface area contributed by atoms with Crippen molar-refractivity contribution in [2.45, 2.75) is 52.0 Å². The van der Waals surface area contributed by atoms with Gasteiger partial charge in [-0.1, -0.05) is 45.0 Å². The molecule has 0 fully saturated rings. The standard InChI is InChI=1S/C16H25NO/c1-15(2,3)13-9-7-12(8-10-13)11-14(18)16(4,5)17-6/h7-10,17H,11H2,1-6H3. The van der Waals surface area contributed by atoms with Gasteiger partial charge in [0.05, 0.1) is 5.54 Å². The molecule has 0 radical (unpaired) electrons. The van der Waals surface area contributed by atoms with E-state index < -0.39 is 5.54 Å². The second-order valence-electron chi connectivity index (χ2n) is 6.42. The molecule has 2 nitrogen and oxygen atoms in total. The molecule has 0 aromatic heterocycles. The van der Waals surface area contributed by atoms with Crippen LogP contribution in [0.15, 0.2) is 24.3 Å². The molecular weight excluding hydrogens is 222 g/mol. The molecule has 0 aliphatic rings. The van der Waals surface area contributed by atoms with Gasteiger partial charge < -0.3 is 5.32 Å². The molecule has 1 N–H and O–H groups in total. The van der Waals surface area contributed by atoms with E-state index in [9.17, 15) is 4.79 Å². The minimum Gasteiger partial charge on any atom is -0.308 e. The molecule has 0 heterocycles. The van der Waals surface area contributed by atoms with Gasteiger partial charge in [0.2, 0.25) is 0 Å². The van der Waals surface area contributed by atoms with Crippen molar-refractivity contribution in [2.24, 2.45) is 0 Å². The van der Waals surface area contributed by atoms with Crippen LogP contribution in [0.5, 0.6) is 0 Å². The number of carbonyl (C=O) groups is 1. The van der Waals surface area contributed by atoms with Crippen molar-refractivity contribution in [2.75, 3.05) is 7.05 Å². The van der Waals surface area contributed by atoms with Crippen molar-refractivity contribution >= 4 is 5.78 Å². The Morgan fingerprint density at radius 3 is 1.94 bits per heavy atom. The summed E-state index contributed by atoms with van der Waals surface area (Å²) in [5.74, 6) is 0.216. The van der Waals surface area contributed by atoms with E-state index in [4.69, 9.17) is 0 Å². The zero-order valence-electron chi connectivity index (χ0n) is 12.4. The van der Waals surface area contributed by atoms with Gasteiger partial charge in [-0.3, -0.25) is 4.79 Å². The second-order valence-corrected chi connectivity index (χ2v) is 6.42. The number of rotatable bonds is 4. The fourth-order valence-corrected chi connectivity index (χ4v) is 1.67. The predicted octanol–water partition coefficient (Wildman–Crippen LogP) is 3.09. The molecule has 1 aromatic carbocycles. The Balaban J connectivity index is 2.79. The highest BCUT2D eigenvalue weighted by Crippen LogP contribution is 2.22. The molecule has 100 valence electrons. The Morgan fingerprint density at radius 2 is 1.56 bits per heavy atom. The van der Waals surface area contributed by atoms with Crippen LogP contribution in [0.4, 0.5) is 0 Å². The summed E-state index contributed by atoms with van der Waals surface area (Å²) in [7, 11) is 1.82. The highest BCUT2D eigenvalue weighted by molar-refractivity contribution is 5.89. The van der Waals surface area contributed by atoms with E-state index in [-0.39, 0.29) is 11.2 Å². The van der Waals surface area contributed by atoms with E-state index in [1.807, 2.05) is 20.9 Å². The lowest BCUT2D eigenvalue weighted by atomic mass is 9.86. The summed E-state index contributed by atoms with van der Waals surface area (Å²) >= 11 is 0. The third kappa shape index (κ3) is 3.67. The molecule has 18 heavy (non-hydrogen) atoms. The van der Waals surface area contributed by atoms with Gasteiger partial charge in [0.15, 0.2) is 5.78 Å². The predicted molar refractivity (Wildman–Crippen MR) is 77.0 cm³/mol.